The normalized spacial score (nSPS) is 42.1. The van der Waals surface area contributed by atoms with Crippen LogP contribution in [0, 0.1) is 11.8 Å². The predicted octanol–water partition coefficient (Wildman–Crippen LogP) is 2.73. The third-order valence-electron chi connectivity index (χ3n) is 6.28. The number of hydrogen-bond donors (Lipinski definition) is 1. The van der Waals surface area contributed by atoms with E-state index >= 15 is 0 Å². The van der Waals surface area contributed by atoms with Crippen molar-refractivity contribution >= 4 is 0 Å². The van der Waals surface area contributed by atoms with Gasteiger partial charge in [0.15, 0.2) is 0 Å². The van der Waals surface area contributed by atoms with Crippen molar-refractivity contribution in [3.8, 4) is 0 Å². The lowest BCUT2D eigenvalue weighted by molar-refractivity contribution is -0.00719. The van der Waals surface area contributed by atoms with Crippen LogP contribution in [0.3, 0.4) is 0 Å². The van der Waals surface area contributed by atoms with Crippen LogP contribution in [0.1, 0.15) is 58.8 Å². The average molecular weight is 294 g/mol. The lowest BCUT2D eigenvalue weighted by Crippen LogP contribution is -2.56. The Balaban J connectivity index is 1.56. The molecule has 2 aliphatic heterocycles. The first-order valence-corrected chi connectivity index (χ1v) is 9.33. The fourth-order valence-corrected chi connectivity index (χ4v) is 5.02. The smallest absolute Gasteiger partial charge is 0.0580 e. The summed E-state index contributed by atoms with van der Waals surface area (Å²) in [7, 11) is 0. The summed E-state index contributed by atoms with van der Waals surface area (Å²) in [4.78, 5) is 5.38. The Bertz CT molecular complexity index is 335. The van der Waals surface area contributed by atoms with Gasteiger partial charge in [-0.1, -0.05) is 19.8 Å². The highest BCUT2D eigenvalue weighted by atomic mass is 16.3. The fraction of sp³-hybridized carbons (Fsp3) is 1.00. The second kappa shape index (κ2) is 6.97. The molecule has 0 amide bonds. The molecule has 5 unspecified atom stereocenters. The molecule has 0 aromatic carbocycles. The summed E-state index contributed by atoms with van der Waals surface area (Å²) in [6.07, 6.45) is 8.91. The minimum Gasteiger partial charge on any atom is -0.393 e. The second-order valence-corrected chi connectivity index (χ2v) is 7.89. The molecule has 122 valence electrons. The molecular weight excluding hydrogens is 260 g/mol. The third kappa shape index (κ3) is 3.62. The molecule has 3 heteroatoms. The topological polar surface area (TPSA) is 26.7 Å². The van der Waals surface area contributed by atoms with Gasteiger partial charge in [-0.05, 0) is 57.4 Å². The third-order valence-corrected chi connectivity index (χ3v) is 6.28. The van der Waals surface area contributed by atoms with Gasteiger partial charge in [0.05, 0.1) is 6.10 Å². The second-order valence-electron chi connectivity index (χ2n) is 7.89. The number of nitrogens with zero attached hydrogens (tertiary/aromatic N) is 2. The van der Waals surface area contributed by atoms with E-state index < -0.39 is 0 Å². The molecular formula is C18H34N2O. The number of piperazine rings is 1. The molecule has 0 aromatic rings. The molecule has 1 saturated carbocycles. The van der Waals surface area contributed by atoms with Gasteiger partial charge in [0.2, 0.25) is 0 Å². The van der Waals surface area contributed by atoms with Crippen LogP contribution >= 0.6 is 0 Å². The number of hydrogen-bond acceptors (Lipinski definition) is 3. The molecule has 0 spiro atoms. The fourth-order valence-electron chi connectivity index (χ4n) is 5.02. The molecule has 0 aromatic heterocycles. The van der Waals surface area contributed by atoms with Crippen molar-refractivity contribution in [2.24, 2.45) is 11.8 Å². The van der Waals surface area contributed by atoms with E-state index in [1.54, 1.807) is 0 Å². The molecule has 3 fully saturated rings. The molecule has 0 bridgehead atoms. The van der Waals surface area contributed by atoms with Crippen LogP contribution in [-0.2, 0) is 0 Å². The lowest BCUT2D eigenvalue weighted by atomic mass is 9.77. The van der Waals surface area contributed by atoms with Crippen LogP contribution in [0.2, 0.25) is 0 Å². The van der Waals surface area contributed by atoms with Gasteiger partial charge in [0.25, 0.3) is 0 Å². The van der Waals surface area contributed by atoms with Crippen molar-refractivity contribution in [3.63, 3.8) is 0 Å². The van der Waals surface area contributed by atoms with E-state index in [4.69, 9.17) is 0 Å². The summed E-state index contributed by atoms with van der Waals surface area (Å²) in [5, 5.41) is 10.4. The summed E-state index contributed by atoms with van der Waals surface area (Å²) in [6, 6.07) is 1.46. The molecule has 21 heavy (non-hydrogen) atoms. The molecule has 0 radical (unpaired) electrons. The lowest BCUT2D eigenvalue weighted by Gasteiger charge is -2.45. The van der Waals surface area contributed by atoms with Gasteiger partial charge in [-0.15, -0.1) is 0 Å². The van der Waals surface area contributed by atoms with E-state index in [1.807, 2.05) is 0 Å². The minimum absolute atomic E-state index is 0.0492. The zero-order valence-electron chi connectivity index (χ0n) is 14.0. The van der Waals surface area contributed by atoms with Gasteiger partial charge in [0, 0.05) is 31.7 Å². The van der Waals surface area contributed by atoms with Crippen LogP contribution in [0.25, 0.3) is 0 Å². The quantitative estimate of drug-likeness (QED) is 0.863. The molecule has 3 aliphatic rings. The van der Waals surface area contributed by atoms with E-state index in [9.17, 15) is 5.11 Å². The van der Waals surface area contributed by atoms with Crippen molar-refractivity contribution in [1.82, 2.24) is 9.80 Å². The van der Waals surface area contributed by atoms with E-state index in [0.717, 1.165) is 24.9 Å². The average Bonchev–Trinajstić information content (AvgIpc) is 2.90. The summed E-state index contributed by atoms with van der Waals surface area (Å²) < 4.78 is 0. The van der Waals surface area contributed by atoms with Gasteiger partial charge >= 0.3 is 0 Å². The van der Waals surface area contributed by atoms with Gasteiger partial charge < -0.3 is 5.11 Å². The van der Waals surface area contributed by atoms with Crippen LogP contribution in [-0.4, -0.2) is 59.3 Å². The van der Waals surface area contributed by atoms with Gasteiger partial charge in [0.1, 0.15) is 0 Å². The Labute approximate surface area is 130 Å². The highest BCUT2D eigenvalue weighted by Crippen LogP contribution is 2.34. The maximum absolute atomic E-state index is 10.4. The van der Waals surface area contributed by atoms with E-state index in [1.165, 1.54) is 58.2 Å². The Kier molecular flexibility index (Phi) is 5.23. The standard InChI is InChI=1S/C18H34N2O/c1-3-5-15-7-8-18(21)16(10-15)12-20-13-17-6-4-9-19(17)11-14(20)2/h14-18,21H,3-13H2,1-2H3. The number of aliphatic hydroxyl groups is 1. The zero-order chi connectivity index (χ0) is 14.8. The van der Waals surface area contributed by atoms with Crippen molar-refractivity contribution in [2.45, 2.75) is 77.0 Å². The molecule has 3 nitrogen and oxygen atoms in total. The maximum Gasteiger partial charge on any atom is 0.0580 e. The SMILES string of the molecule is CCCC1CCC(O)C(CN2CC3CCCN3CC2C)C1. The van der Waals surface area contributed by atoms with Crippen molar-refractivity contribution in [1.29, 1.82) is 0 Å². The van der Waals surface area contributed by atoms with Crippen LogP contribution in [0.15, 0.2) is 0 Å². The summed E-state index contributed by atoms with van der Waals surface area (Å²) in [6.45, 7) is 9.60. The largest absolute Gasteiger partial charge is 0.393 e. The highest BCUT2D eigenvalue weighted by Gasteiger charge is 2.37. The van der Waals surface area contributed by atoms with Gasteiger partial charge in [-0.3, -0.25) is 9.80 Å². The summed E-state index contributed by atoms with van der Waals surface area (Å²) in [5.74, 6) is 1.39. The Morgan fingerprint density at radius 2 is 2.00 bits per heavy atom. The number of rotatable bonds is 4. The summed E-state index contributed by atoms with van der Waals surface area (Å²) >= 11 is 0. The molecule has 5 atom stereocenters. The molecule has 1 N–H and O–H groups in total. The molecule has 2 heterocycles. The first kappa shape index (κ1) is 15.8. The maximum atomic E-state index is 10.4. The molecule has 3 rings (SSSR count). The van der Waals surface area contributed by atoms with Crippen molar-refractivity contribution in [3.05, 3.63) is 0 Å². The monoisotopic (exact) mass is 294 g/mol. The first-order valence-electron chi connectivity index (χ1n) is 9.33. The highest BCUT2D eigenvalue weighted by molar-refractivity contribution is 4.92. The number of fused-ring (bicyclic) bond motifs is 1. The number of aliphatic hydroxyl groups excluding tert-OH is 1. The van der Waals surface area contributed by atoms with Crippen LogP contribution < -0.4 is 0 Å². The van der Waals surface area contributed by atoms with Crippen LogP contribution in [0.5, 0.6) is 0 Å². The zero-order valence-corrected chi connectivity index (χ0v) is 14.0. The van der Waals surface area contributed by atoms with Crippen molar-refractivity contribution < 1.29 is 5.11 Å². The molecule has 1 aliphatic carbocycles. The van der Waals surface area contributed by atoms with E-state index in [0.29, 0.717) is 12.0 Å². The van der Waals surface area contributed by atoms with Crippen molar-refractivity contribution in [2.75, 3.05) is 26.2 Å². The van der Waals surface area contributed by atoms with Crippen LogP contribution in [0.4, 0.5) is 0 Å². The van der Waals surface area contributed by atoms with E-state index in [-0.39, 0.29) is 6.10 Å². The first-order chi connectivity index (χ1) is 10.2. The molecule has 2 saturated heterocycles. The Morgan fingerprint density at radius 3 is 2.81 bits per heavy atom. The predicted molar refractivity (Wildman–Crippen MR) is 87.4 cm³/mol. The summed E-state index contributed by atoms with van der Waals surface area (Å²) in [5.41, 5.74) is 0. The van der Waals surface area contributed by atoms with Gasteiger partial charge in [-0.2, -0.15) is 0 Å². The van der Waals surface area contributed by atoms with E-state index in [2.05, 4.69) is 23.6 Å². The van der Waals surface area contributed by atoms with Gasteiger partial charge in [-0.25, -0.2) is 0 Å². The Morgan fingerprint density at radius 1 is 1.14 bits per heavy atom. The Hall–Kier alpha value is -0.120. The minimum atomic E-state index is -0.0492.